The van der Waals surface area contributed by atoms with Crippen LogP contribution in [0.3, 0.4) is 0 Å². The van der Waals surface area contributed by atoms with Gasteiger partial charge in [0.15, 0.2) is 5.82 Å². The first-order valence-electron chi connectivity index (χ1n) is 9.69. The highest BCUT2D eigenvalue weighted by atomic mass is 16.2. The largest absolute Gasteiger partial charge is 0.377 e. The summed E-state index contributed by atoms with van der Waals surface area (Å²) in [6, 6.07) is 9.32. The van der Waals surface area contributed by atoms with E-state index in [1.54, 1.807) is 29.4 Å². The Kier molecular flexibility index (Phi) is 5.16. The molecule has 1 aliphatic rings. The van der Waals surface area contributed by atoms with Crippen LogP contribution in [0.15, 0.2) is 42.7 Å². The van der Waals surface area contributed by atoms with Crippen molar-refractivity contribution in [2.24, 2.45) is 5.92 Å². The molecule has 29 heavy (non-hydrogen) atoms. The normalized spacial score (nSPS) is 14.8. The fraction of sp³-hybridized carbons (Fsp3) is 0.333. The highest BCUT2D eigenvalue weighted by Gasteiger charge is 2.28. The summed E-state index contributed by atoms with van der Waals surface area (Å²) in [4.78, 5) is 33.1. The highest BCUT2D eigenvalue weighted by Crippen LogP contribution is 2.31. The van der Waals surface area contributed by atoms with Crippen molar-refractivity contribution in [3.63, 3.8) is 0 Å². The first-order valence-corrected chi connectivity index (χ1v) is 9.69. The van der Waals surface area contributed by atoms with Crippen molar-refractivity contribution >= 4 is 34.2 Å². The lowest BCUT2D eigenvalue weighted by Gasteiger charge is -2.31. The number of anilines is 2. The summed E-state index contributed by atoms with van der Waals surface area (Å²) in [6.45, 7) is 1.12. The molecule has 1 aliphatic heterocycles. The number of carbonyl (C=O) groups excluding carboxylic acids is 2. The number of amides is 2. The number of piperidine rings is 1. The van der Waals surface area contributed by atoms with Crippen molar-refractivity contribution in [2.45, 2.75) is 12.8 Å². The molecule has 0 aliphatic carbocycles. The van der Waals surface area contributed by atoms with Crippen LogP contribution < -0.4 is 10.2 Å². The molecule has 3 aromatic rings. The second-order valence-electron chi connectivity index (χ2n) is 7.46. The number of pyridine rings is 1. The van der Waals surface area contributed by atoms with Crippen molar-refractivity contribution in [3.05, 3.63) is 48.3 Å². The summed E-state index contributed by atoms with van der Waals surface area (Å²) < 4.78 is 0. The number of H-pyrrole nitrogens is 1. The van der Waals surface area contributed by atoms with Crippen LogP contribution in [0, 0.1) is 5.92 Å². The Morgan fingerprint density at radius 2 is 1.86 bits per heavy atom. The Morgan fingerprint density at radius 3 is 2.55 bits per heavy atom. The molecule has 8 nitrogen and oxygen atoms in total. The van der Waals surface area contributed by atoms with Crippen LogP contribution >= 0.6 is 0 Å². The van der Waals surface area contributed by atoms with E-state index >= 15 is 0 Å². The summed E-state index contributed by atoms with van der Waals surface area (Å²) in [5, 5.41) is 11.2. The minimum Gasteiger partial charge on any atom is -0.377 e. The Balaban J connectivity index is 1.42. The molecule has 4 rings (SSSR count). The zero-order valence-electron chi connectivity index (χ0n) is 16.6. The number of likely N-dealkylation sites (tertiary alicyclic amines) is 1. The third kappa shape index (κ3) is 3.78. The number of benzene rings is 1. The molecule has 1 fully saturated rings. The van der Waals surface area contributed by atoms with E-state index in [0.717, 1.165) is 16.6 Å². The van der Waals surface area contributed by atoms with Crippen LogP contribution in [-0.2, 0) is 4.79 Å². The fourth-order valence-electron chi connectivity index (χ4n) is 3.76. The monoisotopic (exact) mass is 392 g/mol. The van der Waals surface area contributed by atoms with Gasteiger partial charge in [0.1, 0.15) is 0 Å². The van der Waals surface area contributed by atoms with Gasteiger partial charge in [0.2, 0.25) is 5.91 Å². The van der Waals surface area contributed by atoms with Crippen molar-refractivity contribution in [1.29, 1.82) is 0 Å². The van der Waals surface area contributed by atoms with E-state index in [0.29, 0.717) is 37.3 Å². The molecule has 3 heterocycles. The molecule has 2 amide bonds. The smallest absolute Gasteiger partial charge is 0.253 e. The molecule has 1 aromatic carbocycles. The minimum absolute atomic E-state index is 0.0137. The van der Waals surface area contributed by atoms with Crippen LogP contribution in [0.4, 0.5) is 11.5 Å². The number of aromatic amines is 1. The lowest BCUT2D eigenvalue weighted by Crippen LogP contribution is -2.41. The minimum atomic E-state index is -0.144. The van der Waals surface area contributed by atoms with Crippen LogP contribution in [0.2, 0.25) is 0 Å². The van der Waals surface area contributed by atoms with Gasteiger partial charge in [0.25, 0.3) is 5.91 Å². The van der Waals surface area contributed by atoms with Crippen LogP contribution in [-0.4, -0.2) is 59.1 Å². The van der Waals surface area contributed by atoms with E-state index in [2.05, 4.69) is 20.5 Å². The second kappa shape index (κ2) is 7.90. The Hall–Kier alpha value is -3.42. The van der Waals surface area contributed by atoms with Crippen LogP contribution in [0.1, 0.15) is 23.2 Å². The molecular formula is C21H24N6O2. The van der Waals surface area contributed by atoms with Gasteiger partial charge in [0.05, 0.1) is 10.9 Å². The van der Waals surface area contributed by atoms with Gasteiger partial charge in [0, 0.05) is 56.7 Å². The van der Waals surface area contributed by atoms with Crippen molar-refractivity contribution in [1.82, 2.24) is 20.1 Å². The first-order chi connectivity index (χ1) is 14.0. The first kappa shape index (κ1) is 18.9. The van der Waals surface area contributed by atoms with Crippen molar-refractivity contribution in [2.75, 3.05) is 37.4 Å². The lowest BCUT2D eigenvalue weighted by atomic mass is 9.95. The van der Waals surface area contributed by atoms with E-state index in [1.165, 1.54) is 0 Å². The molecule has 2 N–H and O–H groups in total. The Bertz CT molecular complexity index is 1020. The van der Waals surface area contributed by atoms with Gasteiger partial charge in [-0.1, -0.05) is 6.07 Å². The summed E-state index contributed by atoms with van der Waals surface area (Å²) in [5.41, 5.74) is 2.50. The molecule has 2 aromatic heterocycles. The number of fused-ring (bicyclic) bond motifs is 1. The topological polar surface area (TPSA) is 94.2 Å². The van der Waals surface area contributed by atoms with E-state index in [-0.39, 0.29) is 17.7 Å². The molecule has 0 bridgehead atoms. The van der Waals surface area contributed by atoms with E-state index in [1.807, 2.05) is 37.2 Å². The number of rotatable bonds is 4. The van der Waals surface area contributed by atoms with Gasteiger partial charge in [-0.05, 0) is 37.1 Å². The van der Waals surface area contributed by atoms with E-state index in [4.69, 9.17) is 0 Å². The second-order valence-corrected chi connectivity index (χ2v) is 7.46. The summed E-state index contributed by atoms with van der Waals surface area (Å²) in [7, 11) is 3.92. The number of nitrogens with one attached hydrogen (secondary N) is 2. The van der Waals surface area contributed by atoms with Crippen LogP contribution in [0.5, 0.6) is 0 Å². The van der Waals surface area contributed by atoms with E-state index < -0.39 is 0 Å². The molecule has 0 unspecified atom stereocenters. The maximum absolute atomic E-state index is 12.8. The number of hydrogen-bond donors (Lipinski definition) is 2. The maximum Gasteiger partial charge on any atom is 0.253 e. The average Bonchev–Trinajstić information content (AvgIpc) is 3.16. The molecular weight excluding hydrogens is 368 g/mol. The zero-order valence-corrected chi connectivity index (χ0v) is 16.6. The van der Waals surface area contributed by atoms with E-state index in [9.17, 15) is 9.59 Å². The van der Waals surface area contributed by atoms with Gasteiger partial charge < -0.3 is 15.1 Å². The number of carbonyl (C=O) groups is 2. The van der Waals surface area contributed by atoms with Crippen molar-refractivity contribution in [3.8, 4) is 0 Å². The third-order valence-corrected chi connectivity index (χ3v) is 5.37. The predicted molar refractivity (Wildman–Crippen MR) is 112 cm³/mol. The Labute approximate surface area is 168 Å². The van der Waals surface area contributed by atoms with Gasteiger partial charge >= 0.3 is 0 Å². The van der Waals surface area contributed by atoms with Gasteiger partial charge in [-0.2, -0.15) is 5.10 Å². The van der Waals surface area contributed by atoms with Crippen molar-refractivity contribution < 1.29 is 9.59 Å². The standard InChI is InChI=1S/C21H24N6O2/c1-26(2)17-5-3-4-16-18(17)19(25-24-16)23-20(28)14-8-12-27(13-9-14)21(29)15-6-10-22-11-7-15/h3-7,10-11,14H,8-9,12-13H2,1-2H3,(H2,23,24,25,28). The third-order valence-electron chi connectivity index (χ3n) is 5.37. The quantitative estimate of drug-likeness (QED) is 0.712. The average molecular weight is 392 g/mol. The molecule has 8 heteroatoms. The lowest BCUT2D eigenvalue weighted by molar-refractivity contribution is -0.121. The highest BCUT2D eigenvalue weighted by molar-refractivity contribution is 6.06. The molecule has 150 valence electrons. The summed E-state index contributed by atoms with van der Waals surface area (Å²) in [6.07, 6.45) is 4.49. The van der Waals surface area contributed by atoms with Crippen LogP contribution in [0.25, 0.3) is 10.9 Å². The van der Waals surface area contributed by atoms with Gasteiger partial charge in [-0.3, -0.25) is 19.7 Å². The summed E-state index contributed by atoms with van der Waals surface area (Å²) >= 11 is 0. The number of aromatic nitrogens is 3. The molecule has 0 atom stereocenters. The molecule has 1 saturated heterocycles. The van der Waals surface area contributed by atoms with Gasteiger partial charge in [-0.15, -0.1) is 0 Å². The molecule has 0 saturated carbocycles. The number of hydrogen-bond acceptors (Lipinski definition) is 5. The zero-order chi connectivity index (χ0) is 20.4. The molecule has 0 spiro atoms. The number of nitrogens with zero attached hydrogens (tertiary/aromatic N) is 4. The summed E-state index contributed by atoms with van der Waals surface area (Å²) in [5.74, 6) is 0.336. The SMILES string of the molecule is CN(C)c1cccc2[nH]nc(NC(=O)C3CCN(C(=O)c4ccncc4)CC3)c12. The molecule has 0 radical (unpaired) electrons. The van der Waals surface area contributed by atoms with Gasteiger partial charge in [-0.25, -0.2) is 0 Å². The Morgan fingerprint density at radius 1 is 1.14 bits per heavy atom. The predicted octanol–water partition coefficient (Wildman–Crippen LogP) is 2.51. The fourth-order valence-corrected chi connectivity index (χ4v) is 3.76. The maximum atomic E-state index is 12.8.